The van der Waals surface area contributed by atoms with Crippen LogP contribution >= 0.6 is 0 Å². The van der Waals surface area contributed by atoms with Crippen LogP contribution in [0.1, 0.15) is 18.6 Å². The Bertz CT molecular complexity index is 689. The first-order chi connectivity index (χ1) is 9.90. The van der Waals surface area contributed by atoms with Crippen LogP contribution in [0.15, 0.2) is 36.4 Å². The van der Waals surface area contributed by atoms with E-state index in [9.17, 15) is 24.0 Å². The van der Waals surface area contributed by atoms with Gasteiger partial charge in [0.1, 0.15) is 5.82 Å². The fourth-order valence-electron chi connectivity index (χ4n) is 1.79. The maximum atomic E-state index is 13.8. The first kappa shape index (κ1) is 14.9. The number of aliphatic hydroxyl groups excluding tert-OH is 1. The molecule has 5 nitrogen and oxygen atoms in total. The summed E-state index contributed by atoms with van der Waals surface area (Å²) < 4.78 is 32.1. The minimum atomic E-state index is -1.03. The van der Waals surface area contributed by atoms with E-state index >= 15 is 0 Å². The Labute approximate surface area is 118 Å². The second kappa shape index (κ2) is 5.84. The molecular formula is C14H11F2NO4. The molecule has 2 aromatic carbocycles. The Morgan fingerprint density at radius 1 is 1.29 bits per heavy atom. The molecule has 0 aromatic heterocycles. The van der Waals surface area contributed by atoms with E-state index in [1.54, 1.807) is 0 Å². The van der Waals surface area contributed by atoms with E-state index in [2.05, 4.69) is 0 Å². The molecule has 2 rings (SSSR count). The minimum Gasteiger partial charge on any atom is -0.447 e. The number of rotatable bonds is 4. The summed E-state index contributed by atoms with van der Waals surface area (Å²) in [5, 5.41) is 20.5. The van der Waals surface area contributed by atoms with Crippen molar-refractivity contribution in [3.05, 3.63) is 63.7 Å². The van der Waals surface area contributed by atoms with Gasteiger partial charge in [0.15, 0.2) is 11.6 Å². The van der Waals surface area contributed by atoms with E-state index in [1.165, 1.54) is 19.1 Å². The average molecular weight is 295 g/mol. The summed E-state index contributed by atoms with van der Waals surface area (Å²) in [6.45, 7) is 1.40. The molecule has 0 aliphatic heterocycles. The first-order valence-corrected chi connectivity index (χ1v) is 5.98. The van der Waals surface area contributed by atoms with Crippen LogP contribution in [-0.4, -0.2) is 10.0 Å². The van der Waals surface area contributed by atoms with Gasteiger partial charge in [-0.25, -0.2) is 8.78 Å². The molecule has 7 heteroatoms. The molecule has 2 aromatic rings. The minimum absolute atomic E-state index is 0.133. The smallest absolute Gasteiger partial charge is 0.314 e. The zero-order valence-corrected chi connectivity index (χ0v) is 10.9. The highest BCUT2D eigenvalue weighted by atomic mass is 19.1. The zero-order valence-electron chi connectivity index (χ0n) is 10.9. The van der Waals surface area contributed by atoms with Crippen molar-refractivity contribution >= 4 is 5.69 Å². The Balaban J connectivity index is 2.51. The molecule has 1 unspecified atom stereocenters. The molecule has 0 fully saturated rings. The van der Waals surface area contributed by atoms with E-state index in [4.69, 9.17) is 4.74 Å². The van der Waals surface area contributed by atoms with Gasteiger partial charge in [0.05, 0.1) is 17.1 Å². The van der Waals surface area contributed by atoms with Gasteiger partial charge in [-0.3, -0.25) is 10.1 Å². The molecule has 0 saturated carbocycles. The average Bonchev–Trinajstić information content (AvgIpc) is 2.42. The molecule has 0 aliphatic rings. The standard InChI is InChI=1S/C14H11F2NO4/c1-8(18)10-3-2-4-11(16)14(10)21-13-6-5-9(15)7-12(13)17(19)20/h2-8,18H,1H3. The van der Waals surface area contributed by atoms with Crippen LogP contribution in [0.25, 0.3) is 0 Å². The number of nitro benzene ring substituents is 1. The summed E-state index contributed by atoms with van der Waals surface area (Å²) in [5.74, 6) is -2.24. The summed E-state index contributed by atoms with van der Waals surface area (Å²) in [6.07, 6.45) is -1.03. The molecule has 0 radical (unpaired) electrons. The Kier molecular flexibility index (Phi) is 4.13. The van der Waals surface area contributed by atoms with Gasteiger partial charge in [0.2, 0.25) is 5.75 Å². The lowest BCUT2D eigenvalue weighted by Gasteiger charge is -2.13. The van der Waals surface area contributed by atoms with Crippen LogP contribution in [0.2, 0.25) is 0 Å². The molecule has 0 saturated heterocycles. The number of hydrogen-bond donors (Lipinski definition) is 1. The van der Waals surface area contributed by atoms with Crippen molar-refractivity contribution in [2.45, 2.75) is 13.0 Å². The number of ether oxygens (including phenoxy) is 1. The van der Waals surface area contributed by atoms with Gasteiger partial charge in [-0.05, 0) is 25.1 Å². The first-order valence-electron chi connectivity index (χ1n) is 5.98. The fraction of sp³-hybridized carbons (Fsp3) is 0.143. The van der Waals surface area contributed by atoms with Crippen LogP contribution < -0.4 is 4.74 Å². The number of nitrogens with zero attached hydrogens (tertiary/aromatic N) is 1. The molecule has 0 heterocycles. The molecule has 0 aliphatic carbocycles. The zero-order chi connectivity index (χ0) is 15.6. The third-order valence-electron chi connectivity index (χ3n) is 2.78. The maximum Gasteiger partial charge on any atom is 0.314 e. The maximum absolute atomic E-state index is 13.8. The molecule has 110 valence electrons. The van der Waals surface area contributed by atoms with Crippen molar-refractivity contribution in [1.82, 2.24) is 0 Å². The van der Waals surface area contributed by atoms with Gasteiger partial charge in [0.25, 0.3) is 0 Å². The van der Waals surface area contributed by atoms with Gasteiger partial charge in [-0.15, -0.1) is 0 Å². The van der Waals surface area contributed by atoms with Gasteiger partial charge in [-0.1, -0.05) is 12.1 Å². The molecule has 1 atom stereocenters. The van der Waals surface area contributed by atoms with Gasteiger partial charge >= 0.3 is 5.69 Å². The van der Waals surface area contributed by atoms with E-state index in [-0.39, 0.29) is 17.1 Å². The summed E-state index contributed by atoms with van der Waals surface area (Å²) in [6, 6.07) is 6.58. The topological polar surface area (TPSA) is 72.6 Å². The van der Waals surface area contributed by atoms with Gasteiger partial charge in [-0.2, -0.15) is 0 Å². The van der Waals surface area contributed by atoms with E-state index in [1.807, 2.05) is 0 Å². The van der Waals surface area contributed by atoms with Crippen molar-refractivity contribution in [3.8, 4) is 11.5 Å². The highest BCUT2D eigenvalue weighted by Crippen LogP contribution is 2.36. The third kappa shape index (κ3) is 3.14. The van der Waals surface area contributed by atoms with E-state index in [0.717, 1.165) is 18.2 Å². The Morgan fingerprint density at radius 3 is 2.62 bits per heavy atom. The van der Waals surface area contributed by atoms with Crippen LogP contribution in [0.4, 0.5) is 14.5 Å². The summed E-state index contributed by atoms with van der Waals surface area (Å²) >= 11 is 0. The lowest BCUT2D eigenvalue weighted by molar-refractivity contribution is -0.385. The van der Waals surface area contributed by atoms with Crippen LogP contribution in [0.5, 0.6) is 11.5 Å². The number of nitro groups is 1. The fourth-order valence-corrected chi connectivity index (χ4v) is 1.79. The second-order valence-corrected chi connectivity index (χ2v) is 4.31. The molecule has 0 spiro atoms. The van der Waals surface area contributed by atoms with Crippen LogP contribution in [-0.2, 0) is 0 Å². The molecule has 1 N–H and O–H groups in total. The summed E-state index contributed by atoms with van der Waals surface area (Å²) in [4.78, 5) is 10.1. The van der Waals surface area contributed by atoms with Gasteiger partial charge < -0.3 is 9.84 Å². The highest BCUT2D eigenvalue weighted by Gasteiger charge is 2.21. The van der Waals surface area contributed by atoms with Crippen molar-refractivity contribution in [3.63, 3.8) is 0 Å². The summed E-state index contributed by atoms with van der Waals surface area (Å²) in [7, 11) is 0. The lowest BCUT2D eigenvalue weighted by atomic mass is 10.1. The largest absolute Gasteiger partial charge is 0.447 e. The normalized spacial score (nSPS) is 12.0. The van der Waals surface area contributed by atoms with Crippen LogP contribution in [0, 0.1) is 21.7 Å². The second-order valence-electron chi connectivity index (χ2n) is 4.31. The van der Waals surface area contributed by atoms with Crippen molar-refractivity contribution in [2.24, 2.45) is 0 Å². The molecule has 0 bridgehead atoms. The van der Waals surface area contributed by atoms with Crippen molar-refractivity contribution in [1.29, 1.82) is 0 Å². The number of benzene rings is 2. The number of aliphatic hydroxyl groups is 1. The van der Waals surface area contributed by atoms with Gasteiger partial charge in [0, 0.05) is 5.56 Å². The molecule has 0 amide bonds. The predicted octanol–water partition coefficient (Wildman–Crippen LogP) is 3.72. The molecular weight excluding hydrogens is 284 g/mol. The van der Waals surface area contributed by atoms with Crippen LogP contribution in [0.3, 0.4) is 0 Å². The van der Waals surface area contributed by atoms with E-state index < -0.39 is 28.3 Å². The SMILES string of the molecule is CC(O)c1cccc(F)c1Oc1ccc(F)cc1[N+](=O)[O-]. The quantitative estimate of drug-likeness (QED) is 0.689. The number of hydrogen-bond acceptors (Lipinski definition) is 4. The summed E-state index contributed by atoms with van der Waals surface area (Å²) in [5.41, 5.74) is -0.497. The lowest BCUT2D eigenvalue weighted by Crippen LogP contribution is -2.01. The number of para-hydroxylation sites is 1. The Morgan fingerprint density at radius 2 is 2.00 bits per heavy atom. The monoisotopic (exact) mass is 295 g/mol. The number of halogens is 2. The predicted molar refractivity (Wildman–Crippen MR) is 70.2 cm³/mol. The highest BCUT2D eigenvalue weighted by molar-refractivity contribution is 5.50. The Hall–Kier alpha value is -2.54. The molecule has 21 heavy (non-hydrogen) atoms. The van der Waals surface area contributed by atoms with Crippen molar-refractivity contribution in [2.75, 3.05) is 0 Å². The third-order valence-corrected chi connectivity index (χ3v) is 2.78. The van der Waals surface area contributed by atoms with E-state index in [0.29, 0.717) is 6.07 Å². The van der Waals surface area contributed by atoms with Crippen molar-refractivity contribution < 1.29 is 23.5 Å².